The molecule has 0 radical (unpaired) electrons. The van der Waals surface area contributed by atoms with Crippen LogP contribution in [0.2, 0.25) is 0 Å². The summed E-state index contributed by atoms with van der Waals surface area (Å²) in [5.41, 5.74) is 4.97. The Morgan fingerprint density at radius 2 is 1.70 bits per heavy atom. The minimum Gasteiger partial charge on any atom is -0.336 e. The summed E-state index contributed by atoms with van der Waals surface area (Å²) in [6, 6.07) is 23.7. The van der Waals surface area contributed by atoms with Crippen LogP contribution in [-0.2, 0) is 6.54 Å². The molecular formula is C21H16BrN. The predicted molar refractivity (Wildman–Crippen MR) is 103 cm³/mol. The zero-order valence-corrected chi connectivity index (χ0v) is 14.3. The number of para-hydroxylation sites is 1. The van der Waals surface area contributed by atoms with Gasteiger partial charge in [-0.1, -0.05) is 65.0 Å². The van der Waals surface area contributed by atoms with E-state index in [1.807, 2.05) is 6.08 Å². The smallest absolute Gasteiger partial charge is 0.0495 e. The molecule has 0 unspecified atom stereocenters. The Balaban J connectivity index is 1.95. The van der Waals surface area contributed by atoms with Crippen molar-refractivity contribution in [1.82, 2.24) is 4.57 Å². The van der Waals surface area contributed by atoms with Crippen molar-refractivity contribution in [3.05, 3.63) is 88.9 Å². The van der Waals surface area contributed by atoms with Gasteiger partial charge in [-0.15, -0.1) is 0 Å². The van der Waals surface area contributed by atoms with E-state index < -0.39 is 0 Å². The van der Waals surface area contributed by atoms with Gasteiger partial charge in [-0.25, -0.2) is 0 Å². The largest absolute Gasteiger partial charge is 0.336 e. The van der Waals surface area contributed by atoms with Crippen LogP contribution >= 0.6 is 15.9 Å². The highest BCUT2D eigenvalue weighted by Gasteiger charge is 2.10. The highest BCUT2D eigenvalue weighted by Crippen LogP contribution is 2.31. The second-order valence-electron chi connectivity index (χ2n) is 5.71. The summed E-state index contributed by atoms with van der Waals surface area (Å²) < 4.78 is 3.50. The molecule has 0 aliphatic heterocycles. The van der Waals surface area contributed by atoms with Crippen LogP contribution in [0, 0.1) is 0 Å². The maximum Gasteiger partial charge on any atom is 0.0495 e. The maximum atomic E-state index is 3.87. The average molecular weight is 362 g/mol. The molecule has 0 atom stereocenters. The molecule has 0 saturated heterocycles. The molecule has 0 amide bonds. The Morgan fingerprint density at radius 3 is 2.57 bits per heavy atom. The van der Waals surface area contributed by atoms with Crippen LogP contribution in [0.25, 0.3) is 27.9 Å². The standard InChI is InChI=1S/C21H16BrN/c1-2-15-6-5-7-16(12-15)14-23-20-9-4-3-8-18(20)19-13-17(22)10-11-21(19)23/h2-13H,1,14H2. The summed E-state index contributed by atoms with van der Waals surface area (Å²) in [4.78, 5) is 0. The van der Waals surface area contributed by atoms with Crippen LogP contribution in [0.5, 0.6) is 0 Å². The van der Waals surface area contributed by atoms with E-state index in [-0.39, 0.29) is 0 Å². The van der Waals surface area contributed by atoms with Crippen LogP contribution in [0.4, 0.5) is 0 Å². The molecule has 0 fully saturated rings. The van der Waals surface area contributed by atoms with Crippen molar-refractivity contribution in [2.24, 2.45) is 0 Å². The van der Waals surface area contributed by atoms with Crippen molar-refractivity contribution < 1.29 is 0 Å². The lowest BCUT2D eigenvalue weighted by Gasteiger charge is -2.08. The van der Waals surface area contributed by atoms with Crippen molar-refractivity contribution in [1.29, 1.82) is 0 Å². The molecule has 1 heterocycles. The lowest BCUT2D eigenvalue weighted by molar-refractivity contribution is 0.868. The SMILES string of the molecule is C=Cc1cccc(Cn2c3ccccc3c3cc(Br)ccc32)c1. The van der Waals surface area contributed by atoms with Gasteiger partial charge in [0.15, 0.2) is 0 Å². The first-order chi connectivity index (χ1) is 11.3. The minimum absolute atomic E-state index is 0.854. The summed E-state index contributed by atoms with van der Waals surface area (Å²) in [7, 11) is 0. The van der Waals surface area contributed by atoms with Gasteiger partial charge in [-0.3, -0.25) is 0 Å². The van der Waals surface area contributed by atoms with E-state index in [1.54, 1.807) is 0 Å². The van der Waals surface area contributed by atoms with Gasteiger partial charge >= 0.3 is 0 Å². The van der Waals surface area contributed by atoms with Gasteiger partial charge in [0.2, 0.25) is 0 Å². The van der Waals surface area contributed by atoms with E-state index in [4.69, 9.17) is 0 Å². The molecule has 23 heavy (non-hydrogen) atoms. The minimum atomic E-state index is 0.854. The fraction of sp³-hybridized carbons (Fsp3) is 0.0476. The Bertz CT molecular complexity index is 1030. The molecule has 0 spiro atoms. The van der Waals surface area contributed by atoms with Gasteiger partial charge in [-0.2, -0.15) is 0 Å². The number of hydrogen-bond acceptors (Lipinski definition) is 0. The Hall–Kier alpha value is -2.32. The van der Waals surface area contributed by atoms with E-state index in [9.17, 15) is 0 Å². The zero-order chi connectivity index (χ0) is 15.8. The summed E-state index contributed by atoms with van der Waals surface area (Å²) in [5, 5.41) is 2.58. The first-order valence-electron chi connectivity index (χ1n) is 7.64. The van der Waals surface area contributed by atoms with Crippen molar-refractivity contribution >= 4 is 43.8 Å². The van der Waals surface area contributed by atoms with E-state index in [2.05, 4.69) is 93.8 Å². The molecule has 4 aromatic rings. The molecule has 2 heteroatoms. The highest BCUT2D eigenvalue weighted by molar-refractivity contribution is 9.10. The lowest BCUT2D eigenvalue weighted by Crippen LogP contribution is -1.99. The fourth-order valence-electron chi connectivity index (χ4n) is 3.20. The monoisotopic (exact) mass is 361 g/mol. The number of rotatable bonds is 3. The third-order valence-corrected chi connectivity index (χ3v) is 4.76. The number of hydrogen-bond donors (Lipinski definition) is 0. The molecule has 0 aliphatic rings. The molecule has 1 nitrogen and oxygen atoms in total. The van der Waals surface area contributed by atoms with Gasteiger partial charge in [0.1, 0.15) is 0 Å². The summed E-state index contributed by atoms with van der Waals surface area (Å²) in [5.74, 6) is 0. The Morgan fingerprint density at radius 1 is 0.870 bits per heavy atom. The van der Waals surface area contributed by atoms with E-state index in [1.165, 1.54) is 27.4 Å². The average Bonchev–Trinajstić information content (AvgIpc) is 2.89. The molecule has 112 valence electrons. The normalized spacial score (nSPS) is 11.2. The van der Waals surface area contributed by atoms with Crippen LogP contribution < -0.4 is 0 Å². The number of aromatic nitrogens is 1. The van der Waals surface area contributed by atoms with E-state index in [0.29, 0.717) is 0 Å². The predicted octanol–water partition coefficient (Wildman–Crippen LogP) is 6.25. The third kappa shape index (κ3) is 2.49. The number of fused-ring (bicyclic) bond motifs is 3. The number of halogens is 1. The van der Waals surface area contributed by atoms with Gasteiger partial charge in [0.25, 0.3) is 0 Å². The first kappa shape index (κ1) is 14.3. The van der Waals surface area contributed by atoms with Crippen LogP contribution in [0.3, 0.4) is 0 Å². The number of benzene rings is 3. The molecule has 1 aromatic heterocycles. The van der Waals surface area contributed by atoms with Crippen molar-refractivity contribution in [3.8, 4) is 0 Å². The van der Waals surface area contributed by atoms with Gasteiger partial charge in [-0.05, 0) is 41.5 Å². The van der Waals surface area contributed by atoms with E-state index >= 15 is 0 Å². The topological polar surface area (TPSA) is 4.93 Å². The van der Waals surface area contributed by atoms with Gasteiger partial charge < -0.3 is 4.57 Å². The molecular weight excluding hydrogens is 346 g/mol. The van der Waals surface area contributed by atoms with E-state index in [0.717, 1.165) is 16.6 Å². The third-order valence-electron chi connectivity index (χ3n) is 4.26. The Kier molecular flexibility index (Phi) is 3.55. The summed E-state index contributed by atoms with van der Waals surface area (Å²) >= 11 is 3.59. The molecule has 0 bridgehead atoms. The fourth-order valence-corrected chi connectivity index (χ4v) is 3.56. The Labute approximate surface area is 144 Å². The van der Waals surface area contributed by atoms with Crippen LogP contribution in [-0.4, -0.2) is 4.57 Å². The van der Waals surface area contributed by atoms with Crippen LogP contribution in [0.1, 0.15) is 11.1 Å². The second kappa shape index (κ2) is 5.71. The van der Waals surface area contributed by atoms with Gasteiger partial charge in [0.05, 0.1) is 0 Å². The second-order valence-corrected chi connectivity index (χ2v) is 6.63. The van der Waals surface area contributed by atoms with Crippen molar-refractivity contribution in [3.63, 3.8) is 0 Å². The quantitative estimate of drug-likeness (QED) is 0.406. The molecule has 0 N–H and O–H groups in total. The van der Waals surface area contributed by atoms with Gasteiger partial charge in [0, 0.05) is 32.8 Å². The number of nitrogens with zero attached hydrogens (tertiary/aromatic N) is 1. The maximum absolute atomic E-state index is 3.87. The zero-order valence-electron chi connectivity index (χ0n) is 12.7. The molecule has 3 aromatic carbocycles. The summed E-state index contributed by atoms with van der Waals surface area (Å²) in [6.45, 7) is 4.72. The molecule has 0 saturated carbocycles. The first-order valence-corrected chi connectivity index (χ1v) is 8.43. The molecule has 4 rings (SSSR count). The van der Waals surface area contributed by atoms with Crippen molar-refractivity contribution in [2.45, 2.75) is 6.54 Å². The molecule has 0 aliphatic carbocycles. The van der Waals surface area contributed by atoms with Crippen molar-refractivity contribution in [2.75, 3.05) is 0 Å². The summed E-state index contributed by atoms with van der Waals surface area (Å²) in [6.07, 6.45) is 1.90. The van der Waals surface area contributed by atoms with Crippen LogP contribution in [0.15, 0.2) is 77.8 Å². The lowest BCUT2D eigenvalue weighted by atomic mass is 10.1. The highest BCUT2D eigenvalue weighted by atomic mass is 79.9.